The van der Waals surface area contributed by atoms with Gasteiger partial charge in [-0.2, -0.15) is 0 Å². The van der Waals surface area contributed by atoms with Crippen LogP contribution in [0.1, 0.15) is 32.1 Å². The van der Waals surface area contributed by atoms with Gasteiger partial charge in [-0.3, -0.25) is 9.59 Å². The van der Waals surface area contributed by atoms with Crippen molar-refractivity contribution in [2.45, 2.75) is 38.6 Å². The first-order valence-electron chi connectivity index (χ1n) is 7.86. The Morgan fingerprint density at radius 2 is 1.86 bits per heavy atom. The van der Waals surface area contributed by atoms with Crippen LogP contribution in [0.4, 0.5) is 0 Å². The smallest absolute Gasteiger partial charge is 0.251 e. The molecule has 0 radical (unpaired) electrons. The summed E-state index contributed by atoms with van der Waals surface area (Å²) in [5.74, 6) is 1.68. The van der Waals surface area contributed by atoms with Crippen molar-refractivity contribution in [3.63, 3.8) is 0 Å². The van der Waals surface area contributed by atoms with E-state index in [1.165, 1.54) is 0 Å². The predicted molar refractivity (Wildman–Crippen MR) is 86.3 cm³/mol. The maximum atomic E-state index is 12.2. The summed E-state index contributed by atoms with van der Waals surface area (Å²) in [5.41, 5.74) is 0.936. The van der Waals surface area contributed by atoms with Gasteiger partial charge in [-0.05, 0) is 48.8 Å². The number of carbonyl (C=O) groups excluding carboxylic acids is 1. The van der Waals surface area contributed by atoms with E-state index in [-0.39, 0.29) is 5.56 Å². The molecule has 1 aliphatic rings. The summed E-state index contributed by atoms with van der Waals surface area (Å²) in [7, 11) is 1.63. The van der Waals surface area contributed by atoms with Gasteiger partial charge in [0.05, 0.1) is 12.6 Å². The van der Waals surface area contributed by atoms with Gasteiger partial charge in [0.2, 0.25) is 0 Å². The molecule has 1 aromatic carbocycles. The van der Waals surface area contributed by atoms with Crippen molar-refractivity contribution in [1.82, 2.24) is 4.57 Å². The fraction of sp³-hybridized carbons (Fsp3) is 0.444. The van der Waals surface area contributed by atoms with Crippen LogP contribution < -0.4 is 10.3 Å². The van der Waals surface area contributed by atoms with Gasteiger partial charge < -0.3 is 9.30 Å². The topological polar surface area (TPSA) is 48.3 Å². The van der Waals surface area contributed by atoms with E-state index < -0.39 is 0 Å². The number of hydrogen-bond donors (Lipinski definition) is 0. The predicted octanol–water partition coefficient (Wildman–Crippen LogP) is 3.16. The first-order valence-corrected chi connectivity index (χ1v) is 7.86. The maximum Gasteiger partial charge on any atom is 0.251 e. The minimum Gasteiger partial charge on any atom is -0.497 e. The number of hydrogen-bond acceptors (Lipinski definition) is 3. The van der Waals surface area contributed by atoms with Crippen LogP contribution in [0.25, 0.3) is 10.9 Å². The molecule has 1 fully saturated rings. The van der Waals surface area contributed by atoms with E-state index >= 15 is 0 Å². The molecule has 22 heavy (non-hydrogen) atoms. The molecule has 0 saturated heterocycles. The van der Waals surface area contributed by atoms with Gasteiger partial charge >= 0.3 is 0 Å². The number of ether oxygens (including phenoxy) is 1. The largest absolute Gasteiger partial charge is 0.497 e. The highest BCUT2D eigenvalue weighted by atomic mass is 16.5. The number of aryl methyl sites for hydroxylation is 1. The Kier molecular flexibility index (Phi) is 4.27. The third-order valence-corrected chi connectivity index (χ3v) is 4.62. The monoisotopic (exact) mass is 299 g/mol. The molecule has 116 valence electrons. The number of pyridine rings is 1. The van der Waals surface area contributed by atoms with E-state index in [0.717, 1.165) is 35.9 Å². The number of carbonyl (C=O) groups is 1. The lowest BCUT2D eigenvalue weighted by molar-refractivity contribution is -0.121. The van der Waals surface area contributed by atoms with Crippen LogP contribution in [0.5, 0.6) is 5.75 Å². The molecule has 4 heteroatoms. The summed E-state index contributed by atoms with van der Waals surface area (Å²) in [6.07, 6.45) is 4.26. The molecule has 4 nitrogen and oxygen atoms in total. The lowest BCUT2D eigenvalue weighted by Gasteiger charge is -2.21. The molecule has 0 spiro atoms. The van der Waals surface area contributed by atoms with Crippen LogP contribution in [0.2, 0.25) is 0 Å². The second-order valence-corrected chi connectivity index (χ2v) is 6.02. The summed E-state index contributed by atoms with van der Waals surface area (Å²) in [5, 5.41) is 1.04. The number of ketones is 1. The Morgan fingerprint density at radius 1 is 1.14 bits per heavy atom. The molecular weight excluding hydrogens is 278 g/mol. The van der Waals surface area contributed by atoms with E-state index in [4.69, 9.17) is 4.74 Å². The zero-order valence-corrected chi connectivity index (χ0v) is 12.9. The van der Waals surface area contributed by atoms with Gasteiger partial charge in [-0.25, -0.2) is 0 Å². The Morgan fingerprint density at radius 3 is 2.59 bits per heavy atom. The maximum absolute atomic E-state index is 12.2. The lowest BCUT2D eigenvalue weighted by Crippen LogP contribution is -2.22. The Balaban J connectivity index is 1.84. The normalized spacial score (nSPS) is 16.1. The highest BCUT2D eigenvalue weighted by Crippen LogP contribution is 2.26. The molecule has 0 atom stereocenters. The van der Waals surface area contributed by atoms with E-state index in [1.807, 2.05) is 28.8 Å². The lowest BCUT2D eigenvalue weighted by atomic mass is 9.86. The van der Waals surface area contributed by atoms with Crippen LogP contribution in [-0.2, 0) is 11.3 Å². The van der Waals surface area contributed by atoms with Crippen LogP contribution >= 0.6 is 0 Å². The number of nitrogens with zero attached hydrogens (tertiary/aromatic N) is 1. The molecule has 1 aromatic heterocycles. The number of aromatic nitrogens is 1. The summed E-state index contributed by atoms with van der Waals surface area (Å²) >= 11 is 0. The zero-order chi connectivity index (χ0) is 15.5. The van der Waals surface area contributed by atoms with Crippen LogP contribution in [0.15, 0.2) is 35.1 Å². The van der Waals surface area contributed by atoms with E-state index in [9.17, 15) is 9.59 Å². The summed E-state index contributed by atoms with van der Waals surface area (Å²) in [6.45, 7) is 0.697. The first kappa shape index (κ1) is 14.8. The Hall–Kier alpha value is -2.10. The summed E-state index contributed by atoms with van der Waals surface area (Å²) in [4.78, 5) is 23.5. The van der Waals surface area contributed by atoms with Crippen molar-refractivity contribution in [2.24, 2.45) is 5.92 Å². The van der Waals surface area contributed by atoms with Gasteiger partial charge in [0, 0.05) is 31.5 Å². The summed E-state index contributed by atoms with van der Waals surface area (Å²) in [6, 6.07) is 9.28. The standard InChI is InChI=1S/C18H21NO3/c1-22-16-8-4-14-5-9-18(21)19(17(14)12-16)11-10-13-2-6-15(20)7-3-13/h4-5,8-9,12-13H,2-3,6-7,10-11H2,1H3. The molecular formula is C18H21NO3. The second-order valence-electron chi connectivity index (χ2n) is 6.02. The molecule has 0 bridgehead atoms. The van der Waals surface area contributed by atoms with Crippen molar-refractivity contribution >= 4 is 16.7 Å². The molecule has 1 heterocycles. The molecule has 2 aromatic rings. The third kappa shape index (κ3) is 3.06. The fourth-order valence-electron chi connectivity index (χ4n) is 3.23. The Bertz CT molecular complexity index is 738. The zero-order valence-electron chi connectivity index (χ0n) is 12.9. The van der Waals surface area contributed by atoms with Crippen LogP contribution in [-0.4, -0.2) is 17.5 Å². The van der Waals surface area contributed by atoms with Gasteiger partial charge in [0.1, 0.15) is 11.5 Å². The number of rotatable bonds is 4. The van der Waals surface area contributed by atoms with Crippen molar-refractivity contribution in [1.29, 1.82) is 0 Å². The number of fused-ring (bicyclic) bond motifs is 1. The average molecular weight is 299 g/mol. The van der Waals surface area contributed by atoms with Gasteiger partial charge in [-0.1, -0.05) is 0 Å². The quantitative estimate of drug-likeness (QED) is 0.871. The SMILES string of the molecule is COc1ccc2ccc(=O)n(CCC3CCC(=O)CC3)c2c1. The molecule has 0 aliphatic heterocycles. The van der Waals surface area contributed by atoms with Crippen molar-refractivity contribution in [3.8, 4) is 5.75 Å². The highest BCUT2D eigenvalue weighted by Gasteiger charge is 2.18. The van der Waals surface area contributed by atoms with E-state index in [0.29, 0.717) is 31.1 Å². The fourth-order valence-corrected chi connectivity index (χ4v) is 3.23. The molecule has 3 rings (SSSR count). The van der Waals surface area contributed by atoms with Gasteiger partial charge in [-0.15, -0.1) is 0 Å². The van der Waals surface area contributed by atoms with Crippen molar-refractivity contribution in [2.75, 3.05) is 7.11 Å². The summed E-state index contributed by atoms with van der Waals surface area (Å²) < 4.78 is 7.10. The minimum absolute atomic E-state index is 0.0210. The first-order chi connectivity index (χ1) is 10.7. The average Bonchev–Trinajstić information content (AvgIpc) is 2.55. The second kappa shape index (κ2) is 6.34. The molecule has 0 unspecified atom stereocenters. The molecule has 0 amide bonds. The van der Waals surface area contributed by atoms with E-state index in [1.54, 1.807) is 13.2 Å². The number of methoxy groups -OCH3 is 1. The molecule has 1 saturated carbocycles. The third-order valence-electron chi connectivity index (χ3n) is 4.62. The van der Waals surface area contributed by atoms with Crippen molar-refractivity contribution < 1.29 is 9.53 Å². The Labute approximate surface area is 129 Å². The van der Waals surface area contributed by atoms with E-state index in [2.05, 4.69) is 0 Å². The molecule has 1 aliphatic carbocycles. The van der Waals surface area contributed by atoms with Crippen LogP contribution in [0, 0.1) is 5.92 Å². The van der Waals surface area contributed by atoms with Gasteiger partial charge in [0.25, 0.3) is 5.56 Å². The minimum atomic E-state index is 0.0210. The van der Waals surface area contributed by atoms with Gasteiger partial charge in [0.15, 0.2) is 0 Å². The number of benzene rings is 1. The van der Waals surface area contributed by atoms with Crippen LogP contribution in [0.3, 0.4) is 0 Å². The van der Waals surface area contributed by atoms with Crippen molar-refractivity contribution in [3.05, 3.63) is 40.7 Å². The molecule has 0 N–H and O–H groups in total. The number of Topliss-reactive ketones (excluding diaryl/α,β-unsaturated/α-hetero) is 1. The highest BCUT2D eigenvalue weighted by molar-refractivity contribution is 5.80.